The highest BCUT2D eigenvalue weighted by Crippen LogP contribution is 2.48. The van der Waals surface area contributed by atoms with E-state index in [1.54, 1.807) is 0 Å². The van der Waals surface area contributed by atoms with Crippen LogP contribution in [0.4, 0.5) is 0 Å². The monoisotopic (exact) mass is 686 g/mol. The minimum Gasteiger partial charge on any atom is -0.456 e. The molecule has 10 aromatic carbocycles. The molecular weight excluding hydrogens is 657 g/mol. The normalized spacial score (nSPS) is 12.1. The van der Waals surface area contributed by atoms with E-state index in [0.717, 1.165) is 55.0 Å². The van der Waals surface area contributed by atoms with Gasteiger partial charge in [0.25, 0.3) is 0 Å². The Balaban J connectivity index is 1.13. The van der Waals surface area contributed by atoms with E-state index < -0.39 is 0 Å². The molecule has 0 saturated carbocycles. The first-order valence-electron chi connectivity index (χ1n) is 18.5. The summed E-state index contributed by atoms with van der Waals surface area (Å²) >= 11 is 0. The number of furan rings is 2. The molecule has 2 aromatic heterocycles. The van der Waals surface area contributed by atoms with Crippen LogP contribution in [0.3, 0.4) is 0 Å². The van der Waals surface area contributed by atoms with Crippen LogP contribution in [0.5, 0.6) is 0 Å². The van der Waals surface area contributed by atoms with Crippen molar-refractivity contribution in [2.24, 2.45) is 0 Å². The zero-order valence-corrected chi connectivity index (χ0v) is 29.1. The molecule has 12 rings (SSSR count). The van der Waals surface area contributed by atoms with E-state index in [1.165, 1.54) is 65.3 Å². The first kappa shape index (κ1) is 29.4. The highest BCUT2D eigenvalue weighted by molar-refractivity contribution is 6.28. The number of benzene rings is 10. The predicted octanol–water partition coefficient (Wildman–Crippen LogP) is 15.1. The third-order valence-electron chi connectivity index (χ3n) is 11.4. The molecule has 0 aliphatic carbocycles. The first-order chi connectivity index (χ1) is 26.8. The highest BCUT2D eigenvalue weighted by Gasteiger charge is 2.23. The van der Waals surface area contributed by atoms with Gasteiger partial charge in [-0.1, -0.05) is 164 Å². The van der Waals surface area contributed by atoms with E-state index in [-0.39, 0.29) is 0 Å². The van der Waals surface area contributed by atoms with Gasteiger partial charge in [-0.2, -0.15) is 0 Å². The molecule has 0 bridgehead atoms. The number of fused-ring (bicyclic) bond motifs is 11. The third-order valence-corrected chi connectivity index (χ3v) is 11.4. The smallest absolute Gasteiger partial charge is 0.144 e. The molecule has 0 saturated heterocycles. The summed E-state index contributed by atoms with van der Waals surface area (Å²) in [5.74, 6) is 0. The van der Waals surface area contributed by atoms with Gasteiger partial charge in [0, 0.05) is 27.1 Å². The molecule has 0 unspecified atom stereocenters. The van der Waals surface area contributed by atoms with Crippen LogP contribution in [0.2, 0.25) is 0 Å². The summed E-state index contributed by atoms with van der Waals surface area (Å²) in [5, 5.41) is 14.2. The molecular formula is C52H30O2. The van der Waals surface area contributed by atoms with E-state index >= 15 is 0 Å². The number of hydrogen-bond donors (Lipinski definition) is 0. The van der Waals surface area contributed by atoms with Crippen LogP contribution in [0, 0.1) is 0 Å². The Kier molecular flexibility index (Phi) is 6.09. The molecule has 12 aromatic rings. The van der Waals surface area contributed by atoms with Gasteiger partial charge in [-0.25, -0.2) is 0 Å². The number of rotatable bonds is 3. The second kappa shape index (κ2) is 11.2. The Bertz CT molecular complexity index is 3430. The summed E-state index contributed by atoms with van der Waals surface area (Å²) < 4.78 is 13.4. The quantitative estimate of drug-likeness (QED) is 0.173. The summed E-state index contributed by atoms with van der Waals surface area (Å²) in [5.41, 5.74) is 10.6. The summed E-state index contributed by atoms with van der Waals surface area (Å²) in [6.07, 6.45) is 0. The maximum Gasteiger partial charge on any atom is 0.144 e. The van der Waals surface area contributed by atoms with E-state index in [1.807, 2.05) is 6.07 Å². The molecule has 0 radical (unpaired) electrons. The van der Waals surface area contributed by atoms with Crippen molar-refractivity contribution >= 4 is 87.0 Å². The van der Waals surface area contributed by atoms with Crippen molar-refractivity contribution in [1.29, 1.82) is 0 Å². The molecule has 54 heavy (non-hydrogen) atoms. The Morgan fingerprint density at radius 2 is 0.815 bits per heavy atom. The van der Waals surface area contributed by atoms with Crippen molar-refractivity contribution in [3.05, 3.63) is 182 Å². The molecule has 250 valence electrons. The van der Waals surface area contributed by atoms with Gasteiger partial charge in [0.05, 0.1) is 0 Å². The van der Waals surface area contributed by atoms with Crippen LogP contribution in [0.1, 0.15) is 0 Å². The molecule has 0 fully saturated rings. The fourth-order valence-electron chi connectivity index (χ4n) is 9.14. The predicted molar refractivity (Wildman–Crippen MR) is 227 cm³/mol. The largest absolute Gasteiger partial charge is 0.456 e. The minimum atomic E-state index is 0.861. The van der Waals surface area contributed by atoms with Crippen LogP contribution < -0.4 is 0 Å². The summed E-state index contributed by atoms with van der Waals surface area (Å²) in [4.78, 5) is 0. The van der Waals surface area contributed by atoms with Crippen LogP contribution in [0.25, 0.3) is 120 Å². The van der Waals surface area contributed by atoms with Crippen LogP contribution in [0.15, 0.2) is 191 Å². The molecule has 0 atom stereocenters. The number of para-hydroxylation sites is 1. The Morgan fingerprint density at radius 1 is 0.278 bits per heavy atom. The Labute approximate surface area is 310 Å². The second-order valence-electron chi connectivity index (χ2n) is 14.3. The molecule has 0 aliphatic heterocycles. The molecule has 0 N–H and O–H groups in total. The first-order valence-corrected chi connectivity index (χ1v) is 18.5. The average Bonchev–Trinajstić information content (AvgIpc) is 3.80. The summed E-state index contributed by atoms with van der Waals surface area (Å²) in [6.45, 7) is 0. The maximum atomic E-state index is 6.85. The van der Waals surface area contributed by atoms with E-state index in [9.17, 15) is 0 Å². The van der Waals surface area contributed by atoms with E-state index in [0.29, 0.717) is 0 Å². The van der Waals surface area contributed by atoms with Gasteiger partial charge in [0.1, 0.15) is 22.3 Å². The van der Waals surface area contributed by atoms with Crippen molar-refractivity contribution in [1.82, 2.24) is 0 Å². The summed E-state index contributed by atoms with van der Waals surface area (Å²) in [7, 11) is 0. The van der Waals surface area contributed by atoms with Gasteiger partial charge in [-0.3, -0.25) is 0 Å². The standard InChI is InChI=1S/C52H30O2/c1-3-15-35-31(12-1)14-11-22-37(35)49-40-19-7-5-17-38(40)47(39-18-6-8-20-41(39)49)33-24-26-34(27-25-33)48-51-42-21-9-10-23-44(42)53-46(51)30-43-50-36-16-4-2-13-32(36)28-29-45(50)54-52(43)48/h1-30H. The van der Waals surface area contributed by atoms with Gasteiger partial charge in [0.15, 0.2) is 0 Å². The van der Waals surface area contributed by atoms with Gasteiger partial charge in [-0.15, -0.1) is 0 Å². The van der Waals surface area contributed by atoms with E-state index in [2.05, 4.69) is 176 Å². The van der Waals surface area contributed by atoms with Gasteiger partial charge < -0.3 is 8.83 Å². The maximum absolute atomic E-state index is 6.85. The van der Waals surface area contributed by atoms with Crippen molar-refractivity contribution in [2.45, 2.75) is 0 Å². The Morgan fingerprint density at radius 3 is 1.52 bits per heavy atom. The molecule has 0 spiro atoms. The SMILES string of the molecule is c1ccc2c(-c3c4ccccc4c(-c4ccc(-c5c6oc7ccc8ccccc8c7c6cc6oc7ccccc7c56)cc4)c4ccccc34)cccc2c1. The lowest BCUT2D eigenvalue weighted by molar-refractivity contribution is 0.665. The van der Waals surface area contributed by atoms with Crippen molar-refractivity contribution in [3.8, 4) is 33.4 Å². The molecule has 2 heterocycles. The molecule has 2 nitrogen and oxygen atoms in total. The minimum absolute atomic E-state index is 0.861. The van der Waals surface area contributed by atoms with Crippen molar-refractivity contribution in [2.75, 3.05) is 0 Å². The fourth-order valence-corrected chi connectivity index (χ4v) is 9.14. The van der Waals surface area contributed by atoms with Crippen LogP contribution in [-0.2, 0) is 0 Å². The highest BCUT2D eigenvalue weighted by atomic mass is 16.3. The third kappa shape index (κ3) is 4.11. The van der Waals surface area contributed by atoms with Crippen LogP contribution in [-0.4, -0.2) is 0 Å². The van der Waals surface area contributed by atoms with E-state index in [4.69, 9.17) is 8.83 Å². The fraction of sp³-hybridized carbons (Fsp3) is 0. The van der Waals surface area contributed by atoms with Gasteiger partial charge in [0.2, 0.25) is 0 Å². The van der Waals surface area contributed by atoms with Gasteiger partial charge in [-0.05, 0) is 89.1 Å². The number of hydrogen-bond acceptors (Lipinski definition) is 2. The van der Waals surface area contributed by atoms with Crippen molar-refractivity contribution in [3.63, 3.8) is 0 Å². The zero-order chi connectivity index (χ0) is 35.3. The Hall–Kier alpha value is -7.16. The lowest BCUT2D eigenvalue weighted by atomic mass is 9.84. The molecule has 2 heteroatoms. The average molecular weight is 687 g/mol. The lowest BCUT2D eigenvalue weighted by Gasteiger charge is -2.19. The lowest BCUT2D eigenvalue weighted by Crippen LogP contribution is -1.91. The molecule has 0 amide bonds. The second-order valence-corrected chi connectivity index (χ2v) is 14.3. The zero-order valence-electron chi connectivity index (χ0n) is 29.1. The van der Waals surface area contributed by atoms with Crippen LogP contribution >= 0.6 is 0 Å². The molecule has 0 aliphatic rings. The topological polar surface area (TPSA) is 26.3 Å². The summed E-state index contributed by atoms with van der Waals surface area (Å²) in [6, 6.07) is 65.5. The van der Waals surface area contributed by atoms with Gasteiger partial charge >= 0.3 is 0 Å². The van der Waals surface area contributed by atoms with Crippen molar-refractivity contribution < 1.29 is 8.83 Å².